The van der Waals surface area contributed by atoms with Gasteiger partial charge in [-0.2, -0.15) is 5.10 Å². The SMILES string of the molecule is C=NC1=C(NCc2[nH]nc3cc(-c4cc(F)c(O)cc4CC)ccc23)CCN(CC2COCCN2)C1. The molecule has 1 fully saturated rings. The maximum absolute atomic E-state index is 14.1. The zero-order chi connectivity index (χ0) is 25.1. The maximum Gasteiger partial charge on any atom is 0.165 e. The minimum Gasteiger partial charge on any atom is -0.505 e. The van der Waals surface area contributed by atoms with Crippen molar-refractivity contribution < 1.29 is 14.2 Å². The van der Waals surface area contributed by atoms with Crippen molar-refractivity contribution in [1.82, 2.24) is 25.7 Å². The van der Waals surface area contributed by atoms with Crippen LogP contribution in [0.3, 0.4) is 0 Å². The number of H-pyrrole nitrogens is 1. The Labute approximate surface area is 210 Å². The molecule has 2 aliphatic heterocycles. The third-order valence-corrected chi connectivity index (χ3v) is 7.04. The minimum atomic E-state index is -0.622. The molecule has 8 nitrogen and oxygen atoms in total. The third kappa shape index (κ3) is 5.13. The minimum absolute atomic E-state index is 0.321. The molecular weight excluding hydrogens is 459 g/mol. The van der Waals surface area contributed by atoms with Crippen molar-refractivity contribution in [3.8, 4) is 16.9 Å². The Bertz CT molecular complexity index is 1280. The summed E-state index contributed by atoms with van der Waals surface area (Å²) >= 11 is 0. The molecule has 2 aliphatic rings. The predicted octanol–water partition coefficient (Wildman–Crippen LogP) is 3.33. The molecule has 0 amide bonds. The zero-order valence-corrected chi connectivity index (χ0v) is 20.6. The first-order valence-electron chi connectivity index (χ1n) is 12.5. The van der Waals surface area contributed by atoms with Crippen LogP contribution in [0, 0.1) is 5.82 Å². The molecule has 0 spiro atoms. The summed E-state index contributed by atoms with van der Waals surface area (Å²) in [5.74, 6) is -0.943. The van der Waals surface area contributed by atoms with Gasteiger partial charge in [0.1, 0.15) is 0 Å². The molecule has 0 bridgehead atoms. The van der Waals surface area contributed by atoms with Crippen molar-refractivity contribution in [3.05, 3.63) is 58.8 Å². The molecule has 5 rings (SSSR count). The van der Waals surface area contributed by atoms with E-state index in [9.17, 15) is 9.50 Å². The van der Waals surface area contributed by atoms with Gasteiger partial charge < -0.3 is 20.5 Å². The number of aryl methyl sites for hydroxylation is 1. The number of aromatic nitrogens is 2. The average molecular weight is 493 g/mol. The van der Waals surface area contributed by atoms with Crippen molar-refractivity contribution in [1.29, 1.82) is 0 Å². The Kier molecular flexibility index (Phi) is 7.31. The van der Waals surface area contributed by atoms with Gasteiger partial charge in [-0.1, -0.05) is 19.1 Å². The molecule has 0 saturated carbocycles. The summed E-state index contributed by atoms with van der Waals surface area (Å²) in [6.45, 7) is 11.5. The number of halogens is 1. The van der Waals surface area contributed by atoms with E-state index in [1.165, 1.54) is 12.1 Å². The molecule has 190 valence electrons. The average Bonchev–Trinajstić information content (AvgIpc) is 3.32. The first kappa shape index (κ1) is 24.4. The summed E-state index contributed by atoms with van der Waals surface area (Å²) in [6.07, 6.45) is 1.57. The number of hydrogen-bond donors (Lipinski definition) is 4. The fourth-order valence-corrected chi connectivity index (χ4v) is 5.07. The van der Waals surface area contributed by atoms with E-state index in [1.807, 2.05) is 25.1 Å². The third-order valence-electron chi connectivity index (χ3n) is 7.04. The smallest absolute Gasteiger partial charge is 0.165 e. The molecule has 3 aromatic rings. The summed E-state index contributed by atoms with van der Waals surface area (Å²) in [5, 5.41) is 25.5. The lowest BCUT2D eigenvalue weighted by atomic mass is 9.96. The first-order chi connectivity index (χ1) is 17.6. The van der Waals surface area contributed by atoms with Crippen LogP contribution in [0.4, 0.5) is 4.39 Å². The number of phenolic OH excluding ortho intramolecular Hbond substituents is 1. The predicted molar refractivity (Wildman–Crippen MR) is 140 cm³/mol. The molecule has 1 atom stereocenters. The van der Waals surface area contributed by atoms with Gasteiger partial charge in [0, 0.05) is 49.7 Å². The number of rotatable bonds is 8. The maximum atomic E-state index is 14.1. The quantitative estimate of drug-likeness (QED) is 0.360. The second kappa shape index (κ2) is 10.8. The Hall–Kier alpha value is -3.27. The molecule has 4 N–H and O–H groups in total. The number of morpholine rings is 1. The van der Waals surface area contributed by atoms with Crippen molar-refractivity contribution in [2.45, 2.75) is 32.4 Å². The molecular formula is C27H33FN6O2. The van der Waals surface area contributed by atoms with Gasteiger partial charge >= 0.3 is 0 Å². The van der Waals surface area contributed by atoms with Crippen LogP contribution >= 0.6 is 0 Å². The highest BCUT2D eigenvalue weighted by Crippen LogP contribution is 2.32. The van der Waals surface area contributed by atoms with Crippen LogP contribution in [0.15, 0.2) is 46.7 Å². The number of nitrogens with zero attached hydrogens (tertiary/aromatic N) is 3. The summed E-state index contributed by atoms with van der Waals surface area (Å²) in [4.78, 5) is 6.70. The monoisotopic (exact) mass is 492 g/mol. The van der Waals surface area contributed by atoms with Gasteiger partial charge in [0.25, 0.3) is 0 Å². The van der Waals surface area contributed by atoms with E-state index in [4.69, 9.17) is 4.74 Å². The number of ether oxygens (including phenoxy) is 1. The number of hydrogen-bond acceptors (Lipinski definition) is 7. The van der Waals surface area contributed by atoms with Gasteiger partial charge in [0.2, 0.25) is 0 Å². The highest BCUT2D eigenvalue weighted by atomic mass is 19.1. The molecule has 1 aromatic heterocycles. The second-order valence-corrected chi connectivity index (χ2v) is 9.40. The largest absolute Gasteiger partial charge is 0.505 e. The molecule has 3 heterocycles. The number of phenols is 1. The number of aromatic hydroxyl groups is 1. The topological polar surface area (TPSA) is 97.8 Å². The van der Waals surface area contributed by atoms with Gasteiger partial charge in [-0.05, 0) is 48.0 Å². The highest BCUT2D eigenvalue weighted by Gasteiger charge is 2.23. The van der Waals surface area contributed by atoms with Crippen LogP contribution in [0.1, 0.15) is 24.6 Å². The van der Waals surface area contributed by atoms with E-state index in [0.29, 0.717) is 19.0 Å². The Balaban J connectivity index is 1.28. The van der Waals surface area contributed by atoms with Crippen LogP contribution in [-0.2, 0) is 17.7 Å². The highest BCUT2D eigenvalue weighted by molar-refractivity contribution is 5.87. The van der Waals surface area contributed by atoms with Crippen LogP contribution in [-0.4, -0.2) is 72.4 Å². The molecule has 9 heteroatoms. The molecule has 0 aliphatic carbocycles. The number of fused-ring (bicyclic) bond motifs is 1. The lowest BCUT2D eigenvalue weighted by molar-refractivity contribution is 0.0624. The van der Waals surface area contributed by atoms with Crippen LogP contribution in [0.25, 0.3) is 22.0 Å². The van der Waals surface area contributed by atoms with E-state index in [-0.39, 0.29) is 5.75 Å². The molecule has 1 unspecified atom stereocenters. The number of benzene rings is 2. The summed E-state index contributed by atoms with van der Waals surface area (Å²) in [6, 6.07) is 9.19. The van der Waals surface area contributed by atoms with Gasteiger partial charge in [-0.25, -0.2) is 4.39 Å². The van der Waals surface area contributed by atoms with E-state index in [2.05, 4.69) is 37.4 Å². The number of nitrogens with one attached hydrogen (secondary N) is 3. The number of aromatic amines is 1. The van der Waals surface area contributed by atoms with Gasteiger partial charge in [-0.3, -0.25) is 15.0 Å². The number of aliphatic imine (C=N–C) groups is 1. The summed E-state index contributed by atoms with van der Waals surface area (Å²) in [5.41, 5.74) is 6.41. The lowest BCUT2D eigenvalue weighted by Gasteiger charge is -2.34. The Morgan fingerprint density at radius 3 is 3.00 bits per heavy atom. The summed E-state index contributed by atoms with van der Waals surface area (Å²) < 4.78 is 19.7. The molecule has 0 radical (unpaired) electrons. The fourth-order valence-electron chi connectivity index (χ4n) is 5.07. The van der Waals surface area contributed by atoms with Gasteiger partial charge in [0.05, 0.1) is 36.7 Å². The van der Waals surface area contributed by atoms with Crippen molar-refractivity contribution in [3.63, 3.8) is 0 Å². The van der Waals surface area contributed by atoms with E-state index in [0.717, 1.165) is 90.5 Å². The lowest BCUT2D eigenvalue weighted by Crippen LogP contribution is -2.49. The van der Waals surface area contributed by atoms with Crippen molar-refractivity contribution in [2.75, 3.05) is 39.4 Å². The second-order valence-electron chi connectivity index (χ2n) is 9.40. The molecule has 2 aromatic carbocycles. The van der Waals surface area contributed by atoms with Crippen molar-refractivity contribution in [2.24, 2.45) is 4.99 Å². The normalized spacial score (nSPS) is 19.1. The van der Waals surface area contributed by atoms with Crippen LogP contribution in [0.2, 0.25) is 0 Å². The van der Waals surface area contributed by atoms with Crippen molar-refractivity contribution >= 4 is 17.6 Å². The van der Waals surface area contributed by atoms with E-state index < -0.39 is 5.82 Å². The standard InChI is InChI=1S/C27H33FN6O2/c1-3-17-11-27(35)22(28)12-21(17)18-4-5-20-24(10-18)32-33-25(20)13-31-23-6-8-34(15-26(23)29-2)14-19-16-36-9-7-30-19/h4-5,10-12,19,30-31,35H,2-3,6-9,13-16H2,1H3,(H,32,33). The van der Waals surface area contributed by atoms with Gasteiger partial charge in [-0.15, -0.1) is 0 Å². The fraction of sp³-hybridized carbons (Fsp3) is 0.407. The van der Waals surface area contributed by atoms with E-state index in [1.54, 1.807) is 0 Å². The summed E-state index contributed by atoms with van der Waals surface area (Å²) in [7, 11) is 0. The Morgan fingerprint density at radius 2 is 2.22 bits per heavy atom. The molecule has 36 heavy (non-hydrogen) atoms. The van der Waals surface area contributed by atoms with E-state index >= 15 is 0 Å². The van der Waals surface area contributed by atoms with Gasteiger partial charge in [0.15, 0.2) is 11.6 Å². The van der Waals surface area contributed by atoms with Crippen LogP contribution in [0.5, 0.6) is 5.75 Å². The molecule has 1 saturated heterocycles. The van der Waals surface area contributed by atoms with Crippen LogP contribution < -0.4 is 10.6 Å². The zero-order valence-electron chi connectivity index (χ0n) is 20.6. The first-order valence-corrected chi connectivity index (χ1v) is 12.5. The Morgan fingerprint density at radius 1 is 1.33 bits per heavy atom.